The predicted octanol–water partition coefficient (Wildman–Crippen LogP) is 1.70. The number of ketones is 1. The smallest absolute Gasteiger partial charge is 0.175 e. The zero-order chi connectivity index (χ0) is 13.2. The van der Waals surface area contributed by atoms with E-state index in [0.717, 1.165) is 25.7 Å². The molecule has 4 nitrogen and oxygen atoms in total. The van der Waals surface area contributed by atoms with Crippen molar-refractivity contribution in [3.05, 3.63) is 29.8 Å². The van der Waals surface area contributed by atoms with Crippen molar-refractivity contribution < 1.29 is 17.9 Å². The second kappa shape index (κ2) is 5.20. The Balaban J connectivity index is 2.16. The zero-order valence-corrected chi connectivity index (χ0v) is 11.1. The molecule has 98 valence electrons. The fourth-order valence-corrected chi connectivity index (χ4v) is 2.68. The maximum Gasteiger partial charge on any atom is 0.175 e. The molecule has 1 heterocycles. The minimum atomic E-state index is -3.21. The first-order valence-electron chi connectivity index (χ1n) is 5.90. The summed E-state index contributed by atoms with van der Waals surface area (Å²) < 4.78 is 27.9. The van der Waals surface area contributed by atoms with Gasteiger partial charge in [-0.1, -0.05) is 12.1 Å². The van der Waals surface area contributed by atoms with Gasteiger partial charge in [-0.15, -0.1) is 0 Å². The summed E-state index contributed by atoms with van der Waals surface area (Å²) in [5.74, 6) is -0.0578. The highest BCUT2D eigenvalue weighted by Crippen LogP contribution is 2.20. The largest absolute Gasteiger partial charge is 0.381 e. The topological polar surface area (TPSA) is 60.4 Å². The fourth-order valence-electron chi connectivity index (χ4n) is 2.05. The molecule has 1 saturated heterocycles. The van der Waals surface area contributed by atoms with Crippen molar-refractivity contribution in [2.75, 3.05) is 19.5 Å². The third-order valence-corrected chi connectivity index (χ3v) is 4.23. The van der Waals surface area contributed by atoms with Crippen LogP contribution in [0.25, 0.3) is 0 Å². The van der Waals surface area contributed by atoms with Crippen LogP contribution >= 0.6 is 0 Å². The van der Waals surface area contributed by atoms with Gasteiger partial charge in [-0.2, -0.15) is 0 Å². The number of rotatable bonds is 3. The van der Waals surface area contributed by atoms with Gasteiger partial charge in [0.1, 0.15) is 0 Å². The van der Waals surface area contributed by atoms with Gasteiger partial charge < -0.3 is 4.74 Å². The van der Waals surface area contributed by atoms with E-state index in [2.05, 4.69) is 0 Å². The molecule has 0 aliphatic carbocycles. The summed E-state index contributed by atoms with van der Waals surface area (Å²) in [7, 11) is -3.21. The lowest BCUT2D eigenvalue weighted by molar-refractivity contribution is 0.0461. The summed E-state index contributed by atoms with van der Waals surface area (Å²) in [4.78, 5) is 12.4. The minimum absolute atomic E-state index is 0.0368. The summed E-state index contributed by atoms with van der Waals surface area (Å²) in [6.07, 6.45) is 2.89. The van der Waals surface area contributed by atoms with E-state index in [9.17, 15) is 13.2 Å². The van der Waals surface area contributed by atoms with Gasteiger partial charge in [-0.25, -0.2) is 8.42 Å². The molecule has 0 saturated carbocycles. The molecule has 0 aromatic heterocycles. The van der Waals surface area contributed by atoms with E-state index < -0.39 is 9.84 Å². The Labute approximate surface area is 107 Å². The first-order valence-corrected chi connectivity index (χ1v) is 7.80. The number of ether oxygens (including phenoxy) is 1. The SMILES string of the molecule is CS(=O)(=O)c1ccc(C(=O)C2CCCOC2)cc1. The first kappa shape index (κ1) is 13.2. The van der Waals surface area contributed by atoms with Crippen LogP contribution in [0.5, 0.6) is 0 Å². The lowest BCUT2D eigenvalue weighted by Gasteiger charge is -2.20. The van der Waals surface area contributed by atoms with Crippen LogP contribution in [0.1, 0.15) is 23.2 Å². The van der Waals surface area contributed by atoms with Crippen molar-refractivity contribution in [3.8, 4) is 0 Å². The van der Waals surface area contributed by atoms with Crippen LogP contribution in [0.3, 0.4) is 0 Å². The molecule has 1 aromatic carbocycles. The molecule has 1 atom stereocenters. The van der Waals surface area contributed by atoms with Crippen molar-refractivity contribution in [1.29, 1.82) is 0 Å². The highest BCUT2D eigenvalue weighted by atomic mass is 32.2. The Kier molecular flexibility index (Phi) is 3.82. The van der Waals surface area contributed by atoms with Gasteiger partial charge >= 0.3 is 0 Å². The van der Waals surface area contributed by atoms with E-state index >= 15 is 0 Å². The van der Waals surface area contributed by atoms with E-state index in [1.807, 2.05) is 0 Å². The summed E-state index contributed by atoms with van der Waals surface area (Å²) in [5, 5.41) is 0. The van der Waals surface area contributed by atoms with Gasteiger partial charge in [0.2, 0.25) is 0 Å². The second-order valence-corrected chi connectivity index (χ2v) is 6.59. The Morgan fingerprint density at radius 3 is 2.44 bits per heavy atom. The van der Waals surface area contributed by atoms with Gasteiger partial charge in [0.25, 0.3) is 0 Å². The van der Waals surface area contributed by atoms with Crippen molar-refractivity contribution in [1.82, 2.24) is 0 Å². The van der Waals surface area contributed by atoms with Crippen LogP contribution in [0, 0.1) is 5.92 Å². The highest BCUT2D eigenvalue weighted by molar-refractivity contribution is 7.90. The number of carbonyl (C=O) groups is 1. The summed E-state index contributed by atoms with van der Waals surface area (Å²) in [6.45, 7) is 1.18. The second-order valence-electron chi connectivity index (χ2n) is 4.57. The summed E-state index contributed by atoms with van der Waals surface area (Å²) >= 11 is 0. The van der Waals surface area contributed by atoms with Crippen LogP contribution in [-0.4, -0.2) is 33.7 Å². The Morgan fingerprint density at radius 1 is 1.28 bits per heavy atom. The zero-order valence-electron chi connectivity index (χ0n) is 10.3. The van der Waals surface area contributed by atoms with Crippen LogP contribution in [0.4, 0.5) is 0 Å². The van der Waals surface area contributed by atoms with Crippen LogP contribution in [0.2, 0.25) is 0 Å². The monoisotopic (exact) mass is 268 g/mol. The fraction of sp³-hybridized carbons (Fsp3) is 0.462. The standard InChI is InChI=1S/C13H16O4S/c1-18(15,16)12-6-4-10(5-7-12)13(14)11-3-2-8-17-9-11/h4-7,11H,2-3,8-9H2,1H3. The van der Waals surface area contributed by atoms with E-state index in [-0.39, 0.29) is 16.6 Å². The lowest BCUT2D eigenvalue weighted by atomic mass is 9.93. The molecular formula is C13H16O4S. The molecule has 18 heavy (non-hydrogen) atoms. The Bertz CT molecular complexity index is 525. The van der Waals surface area contributed by atoms with Gasteiger partial charge in [0.05, 0.1) is 11.5 Å². The average molecular weight is 268 g/mol. The molecule has 2 rings (SSSR count). The molecule has 1 aliphatic heterocycles. The number of sulfone groups is 1. The maximum absolute atomic E-state index is 12.1. The van der Waals surface area contributed by atoms with Gasteiger partial charge in [-0.3, -0.25) is 4.79 Å². The molecule has 0 spiro atoms. The number of hydrogen-bond donors (Lipinski definition) is 0. The summed E-state index contributed by atoms with van der Waals surface area (Å²) in [6, 6.07) is 6.11. The minimum Gasteiger partial charge on any atom is -0.381 e. The molecule has 0 bridgehead atoms. The van der Waals surface area contributed by atoms with Crippen molar-refractivity contribution in [2.24, 2.45) is 5.92 Å². The normalized spacial score (nSPS) is 20.6. The third kappa shape index (κ3) is 2.97. The first-order chi connectivity index (χ1) is 8.48. The Hall–Kier alpha value is -1.20. The third-order valence-electron chi connectivity index (χ3n) is 3.10. The van der Waals surface area contributed by atoms with Crippen LogP contribution < -0.4 is 0 Å². The van der Waals surface area contributed by atoms with E-state index in [1.54, 1.807) is 12.1 Å². The predicted molar refractivity (Wildman–Crippen MR) is 67.4 cm³/mol. The number of Topliss-reactive ketones (excluding diaryl/α,β-unsaturated/α-hetero) is 1. The number of benzene rings is 1. The van der Waals surface area contributed by atoms with E-state index in [1.165, 1.54) is 12.1 Å². The molecule has 1 unspecified atom stereocenters. The van der Waals surface area contributed by atoms with Crippen molar-refractivity contribution in [3.63, 3.8) is 0 Å². The molecule has 0 N–H and O–H groups in total. The van der Waals surface area contributed by atoms with Gasteiger partial charge in [0.15, 0.2) is 15.6 Å². The van der Waals surface area contributed by atoms with E-state index in [4.69, 9.17) is 4.74 Å². The van der Waals surface area contributed by atoms with Gasteiger partial charge in [0, 0.05) is 24.3 Å². The highest BCUT2D eigenvalue weighted by Gasteiger charge is 2.23. The average Bonchev–Trinajstić information content (AvgIpc) is 2.38. The molecular weight excluding hydrogens is 252 g/mol. The van der Waals surface area contributed by atoms with Gasteiger partial charge in [-0.05, 0) is 25.0 Å². The van der Waals surface area contributed by atoms with Crippen molar-refractivity contribution >= 4 is 15.6 Å². The van der Waals surface area contributed by atoms with E-state index in [0.29, 0.717) is 12.2 Å². The van der Waals surface area contributed by atoms with Crippen LogP contribution in [-0.2, 0) is 14.6 Å². The maximum atomic E-state index is 12.1. The summed E-state index contributed by atoms with van der Waals surface area (Å²) in [5.41, 5.74) is 0.554. The van der Waals surface area contributed by atoms with Crippen molar-refractivity contribution in [2.45, 2.75) is 17.7 Å². The quantitative estimate of drug-likeness (QED) is 0.783. The molecule has 5 heteroatoms. The molecule has 1 aromatic rings. The Morgan fingerprint density at radius 2 is 1.94 bits per heavy atom. The molecule has 1 aliphatic rings. The molecule has 0 amide bonds. The number of carbonyl (C=O) groups excluding carboxylic acids is 1. The number of hydrogen-bond acceptors (Lipinski definition) is 4. The molecule has 1 fully saturated rings. The molecule has 0 radical (unpaired) electrons. The lowest BCUT2D eigenvalue weighted by Crippen LogP contribution is -2.25. The van der Waals surface area contributed by atoms with Crippen LogP contribution in [0.15, 0.2) is 29.2 Å².